The summed E-state index contributed by atoms with van der Waals surface area (Å²) in [5.74, 6) is -0.519. The molecule has 1 aromatic heterocycles. The standard InChI is InChI=1S/C20H18ClN3O4S/c1-13-7-8-15(22-20(26)14-9-10-24(2)19(25)11-14)12-18(13)29(27,28)23-17-6-4-3-5-16(17)21/h3-12,23H,1-2H3,(H,22,26). The lowest BCUT2D eigenvalue weighted by Gasteiger charge is -2.13. The first-order chi connectivity index (χ1) is 13.7. The lowest BCUT2D eigenvalue weighted by molar-refractivity contribution is 0.102. The summed E-state index contributed by atoms with van der Waals surface area (Å²) in [5, 5.41) is 2.88. The Morgan fingerprint density at radius 3 is 2.48 bits per heavy atom. The highest BCUT2D eigenvalue weighted by Crippen LogP contribution is 2.27. The van der Waals surface area contributed by atoms with Gasteiger partial charge >= 0.3 is 0 Å². The number of carbonyl (C=O) groups is 1. The number of para-hydroxylation sites is 1. The second kappa shape index (κ2) is 8.10. The van der Waals surface area contributed by atoms with E-state index in [4.69, 9.17) is 11.6 Å². The van der Waals surface area contributed by atoms with Crippen molar-refractivity contribution in [1.82, 2.24) is 4.57 Å². The van der Waals surface area contributed by atoms with Gasteiger partial charge in [-0.2, -0.15) is 0 Å². The number of aryl methyl sites for hydroxylation is 2. The lowest BCUT2D eigenvalue weighted by Crippen LogP contribution is -2.20. The van der Waals surface area contributed by atoms with Crippen LogP contribution in [0.4, 0.5) is 11.4 Å². The molecule has 1 amide bonds. The van der Waals surface area contributed by atoms with Crippen molar-refractivity contribution in [3.63, 3.8) is 0 Å². The number of aromatic nitrogens is 1. The fourth-order valence-corrected chi connectivity index (χ4v) is 4.19. The SMILES string of the molecule is Cc1ccc(NC(=O)c2ccn(C)c(=O)c2)cc1S(=O)(=O)Nc1ccccc1Cl. The molecule has 1 heterocycles. The van der Waals surface area contributed by atoms with E-state index < -0.39 is 15.9 Å². The van der Waals surface area contributed by atoms with E-state index in [1.807, 2.05) is 0 Å². The van der Waals surface area contributed by atoms with Gasteiger partial charge in [-0.05, 0) is 42.8 Å². The summed E-state index contributed by atoms with van der Waals surface area (Å²) in [6, 6.07) is 13.7. The third-order valence-corrected chi connectivity index (χ3v) is 6.06. The van der Waals surface area contributed by atoms with E-state index >= 15 is 0 Å². The predicted octanol–water partition coefficient (Wildman–Crippen LogP) is 3.40. The molecule has 150 valence electrons. The molecule has 0 aliphatic heterocycles. The van der Waals surface area contributed by atoms with E-state index in [-0.39, 0.29) is 32.4 Å². The highest BCUT2D eigenvalue weighted by Gasteiger charge is 2.19. The number of hydrogen-bond donors (Lipinski definition) is 2. The fraction of sp³-hybridized carbons (Fsp3) is 0.100. The Morgan fingerprint density at radius 1 is 1.07 bits per heavy atom. The molecule has 3 rings (SSSR count). The Hall–Kier alpha value is -3.10. The summed E-state index contributed by atoms with van der Waals surface area (Å²) in [4.78, 5) is 24.1. The quantitative estimate of drug-likeness (QED) is 0.646. The lowest BCUT2D eigenvalue weighted by atomic mass is 10.2. The molecule has 0 saturated carbocycles. The van der Waals surface area contributed by atoms with E-state index in [9.17, 15) is 18.0 Å². The van der Waals surface area contributed by atoms with E-state index in [0.29, 0.717) is 5.56 Å². The van der Waals surface area contributed by atoms with Crippen molar-refractivity contribution in [3.8, 4) is 0 Å². The summed E-state index contributed by atoms with van der Waals surface area (Å²) >= 11 is 6.04. The van der Waals surface area contributed by atoms with Crippen LogP contribution in [0.15, 0.2) is 70.5 Å². The van der Waals surface area contributed by atoms with Crippen molar-refractivity contribution in [2.45, 2.75) is 11.8 Å². The van der Waals surface area contributed by atoms with E-state index in [0.717, 1.165) is 0 Å². The monoisotopic (exact) mass is 431 g/mol. The number of halogens is 1. The number of pyridine rings is 1. The van der Waals surface area contributed by atoms with Crippen LogP contribution in [0.2, 0.25) is 5.02 Å². The third kappa shape index (κ3) is 4.67. The van der Waals surface area contributed by atoms with Gasteiger partial charge in [0.05, 0.1) is 15.6 Å². The van der Waals surface area contributed by atoms with Gasteiger partial charge in [-0.1, -0.05) is 29.8 Å². The van der Waals surface area contributed by atoms with E-state index in [2.05, 4.69) is 10.0 Å². The zero-order valence-corrected chi connectivity index (χ0v) is 17.2. The van der Waals surface area contributed by atoms with Crippen LogP contribution in [0.1, 0.15) is 15.9 Å². The molecule has 0 unspecified atom stereocenters. The molecular formula is C20H18ClN3O4S. The number of amides is 1. The average molecular weight is 432 g/mol. The largest absolute Gasteiger partial charge is 0.322 e. The Balaban J connectivity index is 1.89. The molecule has 2 aromatic carbocycles. The van der Waals surface area contributed by atoms with Crippen molar-refractivity contribution in [3.05, 3.63) is 87.3 Å². The van der Waals surface area contributed by atoms with Crippen molar-refractivity contribution in [2.75, 3.05) is 10.0 Å². The van der Waals surface area contributed by atoms with Crippen LogP contribution in [0, 0.1) is 6.92 Å². The first-order valence-electron chi connectivity index (χ1n) is 8.53. The molecule has 0 aliphatic carbocycles. The molecule has 0 atom stereocenters. The van der Waals surface area contributed by atoms with Gasteiger partial charge in [0.2, 0.25) is 0 Å². The zero-order valence-electron chi connectivity index (χ0n) is 15.6. The maximum Gasteiger partial charge on any atom is 0.262 e. The molecule has 29 heavy (non-hydrogen) atoms. The van der Waals surface area contributed by atoms with Crippen molar-refractivity contribution in [1.29, 1.82) is 0 Å². The molecule has 0 fully saturated rings. The summed E-state index contributed by atoms with van der Waals surface area (Å²) in [6.07, 6.45) is 1.48. The molecule has 7 nitrogen and oxygen atoms in total. The van der Waals surface area contributed by atoms with Gasteiger partial charge in [-0.3, -0.25) is 14.3 Å². The Bertz CT molecular complexity index is 1250. The van der Waals surface area contributed by atoms with Crippen LogP contribution in [-0.2, 0) is 17.1 Å². The number of anilines is 2. The van der Waals surface area contributed by atoms with Gasteiger partial charge < -0.3 is 9.88 Å². The highest BCUT2D eigenvalue weighted by molar-refractivity contribution is 7.92. The molecule has 3 aromatic rings. The first kappa shape index (κ1) is 20.6. The van der Waals surface area contributed by atoms with E-state index in [1.165, 1.54) is 29.0 Å². The Labute approximate surface area is 173 Å². The van der Waals surface area contributed by atoms with Gasteiger partial charge in [-0.15, -0.1) is 0 Å². The van der Waals surface area contributed by atoms with Gasteiger partial charge in [0.15, 0.2) is 0 Å². The Kier molecular flexibility index (Phi) is 5.76. The van der Waals surface area contributed by atoms with Crippen LogP contribution in [-0.4, -0.2) is 18.9 Å². The predicted molar refractivity (Wildman–Crippen MR) is 113 cm³/mol. The first-order valence-corrected chi connectivity index (χ1v) is 10.4. The number of rotatable bonds is 5. The summed E-state index contributed by atoms with van der Waals surface area (Å²) < 4.78 is 29.5. The van der Waals surface area contributed by atoms with Crippen LogP contribution >= 0.6 is 11.6 Å². The minimum atomic E-state index is -3.94. The summed E-state index contributed by atoms with van der Waals surface area (Å²) in [7, 11) is -2.36. The Morgan fingerprint density at radius 2 is 1.79 bits per heavy atom. The van der Waals surface area contributed by atoms with Gasteiger partial charge in [0, 0.05) is 30.6 Å². The smallest absolute Gasteiger partial charge is 0.262 e. The highest BCUT2D eigenvalue weighted by atomic mass is 35.5. The number of benzene rings is 2. The van der Waals surface area contributed by atoms with Crippen LogP contribution in [0.5, 0.6) is 0 Å². The average Bonchev–Trinajstić information content (AvgIpc) is 2.67. The molecule has 0 bridgehead atoms. The van der Waals surface area contributed by atoms with Gasteiger partial charge in [0.25, 0.3) is 21.5 Å². The van der Waals surface area contributed by atoms with Gasteiger partial charge in [0.1, 0.15) is 0 Å². The van der Waals surface area contributed by atoms with E-state index in [1.54, 1.807) is 50.4 Å². The normalized spacial score (nSPS) is 11.1. The maximum absolute atomic E-state index is 12.8. The molecule has 0 saturated heterocycles. The molecule has 0 spiro atoms. The third-order valence-electron chi connectivity index (χ3n) is 4.22. The van der Waals surface area contributed by atoms with Crippen LogP contribution in [0.3, 0.4) is 0 Å². The van der Waals surface area contributed by atoms with Crippen molar-refractivity contribution < 1.29 is 13.2 Å². The second-order valence-electron chi connectivity index (χ2n) is 6.38. The molecular weight excluding hydrogens is 414 g/mol. The molecule has 2 N–H and O–H groups in total. The maximum atomic E-state index is 12.8. The fourth-order valence-electron chi connectivity index (χ4n) is 2.60. The molecule has 0 radical (unpaired) electrons. The van der Waals surface area contributed by atoms with Crippen molar-refractivity contribution in [2.24, 2.45) is 7.05 Å². The summed E-state index contributed by atoms with van der Waals surface area (Å²) in [5.41, 5.74) is 0.876. The number of hydrogen-bond acceptors (Lipinski definition) is 4. The molecule has 0 aliphatic rings. The van der Waals surface area contributed by atoms with Crippen molar-refractivity contribution >= 4 is 38.9 Å². The number of nitrogens with one attached hydrogen (secondary N) is 2. The number of carbonyl (C=O) groups excluding carboxylic acids is 1. The number of nitrogens with zero attached hydrogens (tertiary/aromatic N) is 1. The van der Waals surface area contributed by atoms with Gasteiger partial charge in [-0.25, -0.2) is 8.42 Å². The second-order valence-corrected chi connectivity index (χ2v) is 8.44. The topological polar surface area (TPSA) is 97.3 Å². The van der Waals surface area contributed by atoms with Crippen LogP contribution < -0.4 is 15.6 Å². The minimum absolute atomic E-state index is 0.000745. The minimum Gasteiger partial charge on any atom is -0.322 e. The zero-order chi connectivity index (χ0) is 21.2. The molecule has 9 heteroatoms. The van der Waals surface area contributed by atoms with Crippen LogP contribution in [0.25, 0.3) is 0 Å². The number of sulfonamides is 1. The summed E-state index contributed by atoms with van der Waals surface area (Å²) in [6.45, 7) is 1.65.